The molecule has 0 bridgehead atoms. The van der Waals surface area contributed by atoms with Gasteiger partial charge in [0, 0.05) is 23.4 Å². The molecule has 3 aromatic rings. The maximum atomic E-state index is 11.8. The minimum atomic E-state index is -0.343. The van der Waals surface area contributed by atoms with Gasteiger partial charge in [-0.1, -0.05) is 35.5 Å². The van der Waals surface area contributed by atoms with E-state index in [4.69, 9.17) is 5.73 Å². The maximum absolute atomic E-state index is 11.8. The van der Waals surface area contributed by atoms with Crippen LogP contribution < -0.4 is 11.4 Å². The largest absolute Gasteiger partial charge is 0.383 e. The third-order valence-electron chi connectivity index (χ3n) is 3.56. The van der Waals surface area contributed by atoms with Crippen LogP contribution in [-0.2, 0) is 6.54 Å². The number of nitrogen functional groups attached to an aromatic ring is 1. The molecule has 2 N–H and O–H groups in total. The molecule has 0 unspecified atom stereocenters. The van der Waals surface area contributed by atoms with Gasteiger partial charge in [0.1, 0.15) is 11.5 Å². The first kappa shape index (κ1) is 15.0. The van der Waals surface area contributed by atoms with Crippen LogP contribution in [0.5, 0.6) is 0 Å². The Kier molecular flexibility index (Phi) is 3.92. The van der Waals surface area contributed by atoms with Crippen molar-refractivity contribution in [3.8, 4) is 11.3 Å². The number of hydrogen-bond acceptors (Lipinski definition) is 5. The molecule has 2 heterocycles. The third-order valence-corrected chi connectivity index (χ3v) is 3.56. The highest BCUT2D eigenvalue weighted by molar-refractivity contribution is 5.57. The molecule has 7 nitrogen and oxygen atoms in total. The first-order valence-corrected chi connectivity index (χ1v) is 7.37. The van der Waals surface area contributed by atoms with E-state index >= 15 is 0 Å². The van der Waals surface area contributed by atoms with Gasteiger partial charge in [0.25, 0.3) is 0 Å². The average molecular weight is 310 g/mol. The van der Waals surface area contributed by atoms with Crippen LogP contribution in [0.25, 0.3) is 11.3 Å². The highest BCUT2D eigenvalue weighted by Crippen LogP contribution is 2.16. The summed E-state index contributed by atoms with van der Waals surface area (Å²) >= 11 is 0. The SMILES string of the molecule is CC(C)n1cc(Cn2cc(-c3ccccc3)nn2)c(N)nc1=O. The lowest BCUT2D eigenvalue weighted by Crippen LogP contribution is -2.26. The molecule has 3 rings (SSSR count). The smallest absolute Gasteiger partial charge is 0.349 e. The summed E-state index contributed by atoms with van der Waals surface area (Å²) < 4.78 is 3.24. The third kappa shape index (κ3) is 3.13. The second-order valence-electron chi connectivity index (χ2n) is 5.60. The molecule has 1 aromatic carbocycles. The Hall–Kier alpha value is -2.96. The predicted molar refractivity (Wildman–Crippen MR) is 87.9 cm³/mol. The summed E-state index contributed by atoms with van der Waals surface area (Å²) in [4.78, 5) is 15.7. The number of rotatable bonds is 4. The van der Waals surface area contributed by atoms with Gasteiger partial charge in [0.15, 0.2) is 0 Å². The summed E-state index contributed by atoms with van der Waals surface area (Å²) in [7, 11) is 0. The van der Waals surface area contributed by atoms with Crippen LogP contribution in [0, 0.1) is 0 Å². The number of benzene rings is 1. The number of aromatic nitrogens is 5. The Bertz CT molecular complexity index is 866. The normalized spacial score (nSPS) is 11.1. The molecule has 118 valence electrons. The Morgan fingerprint density at radius 1 is 1.17 bits per heavy atom. The van der Waals surface area contributed by atoms with Gasteiger partial charge < -0.3 is 5.73 Å². The highest BCUT2D eigenvalue weighted by atomic mass is 16.1. The number of nitrogens with two attached hydrogens (primary N) is 1. The number of anilines is 1. The van der Waals surface area contributed by atoms with E-state index in [0.717, 1.165) is 16.8 Å². The summed E-state index contributed by atoms with van der Waals surface area (Å²) in [6.45, 7) is 4.25. The van der Waals surface area contributed by atoms with Crippen LogP contribution in [0.15, 0.2) is 47.5 Å². The van der Waals surface area contributed by atoms with Crippen LogP contribution in [0.1, 0.15) is 25.5 Å². The van der Waals surface area contributed by atoms with E-state index < -0.39 is 0 Å². The number of hydrogen-bond donors (Lipinski definition) is 1. The lowest BCUT2D eigenvalue weighted by molar-refractivity contribution is 0.553. The molecule has 0 saturated heterocycles. The Labute approximate surface area is 133 Å². The second kappa shape index (κ2) is 6.04. The van der Waals surface area contributed by atoms with Crippen molar-refractivity contribution < 1.29 is 0 Å². The monoisotopic (exact) mass is 310 g/mol. The van der Waals surface area contributed by atoms with Gasteiger partial charge in [-0.15, -0.1) is 5.10 Å². The summed E-state index contributed by atoms with van der Waals surface area (Å²) in [5.74, 6) is 0.226. The Morgan fingerprint density at radius 2 is 1.91 bits per heavy atom. The van der Waals surface area contributed by atoms with E-state index in [0.29, 0.717) is 6.54 Å². The molecule has 0 fully saturated rings. The van der Waals surface area contributed by atoms with E-state index in [-0.39, 0.29) is 17.5 Å². The molecule has 7 heteroatoms. The fraction of sp³-hybridized carbons (Fsp3) is 0.250. The zero-order chi connectivity index (χ0) is 16.4. The summed E-state index contributed by atoms with van der Waals surface area (Å²) in [5, 5.41) is 8.29. The topological polar surface area (TPSA) is 91.6 Å². The van der Waals surface area contributed by atoms with Gasteiger partial charge >= 0.3 is 5.69 Å². The van der Waals surface area contributed by atoms with Gasteiger partial charge in [-0.05, 0) is 13.8 Å². The molecule has 23 heavy (non-hydrogen) atoms. The molecule has 0 spiro atoms. The van der Waals surface area contributed by atoms with E-state index in [1.54, 1.807) is 15.4 Å². The van der Waals surface area contributed by atoms with Crippen molar-refractivity contribution in [3.05, 3.63) is 58.8 Å². The van der Waals surface area contributed by atoms with Crippen LogP contribution in [-0.4, -0.2) is 24.5 Å². The standard InChI is InChI=1S/C16H18N6O/c1-11(2)22-9-13(15(17)18-16(22)23)8-21-10-14(19-20-21)12-6-4-3-5-7-12/h3-7,9-11H,8H2,1-2H3,(H2,17,18,23). The Balaban J connectivity index is 1.90. The molecular weight excluding hydrogens is 292 g/mol. The van der Waals surface area contributed by atoms with Crippen LogP contribution in [0.3, 0.4) is 0 Å². The molecule has 2 aromatic heterocycles. The summed E-state index contributed by atoms with van der Waals surface area (Å²) in [6.07, 6.45) is 3.58. The van der Waals surface area contributed by atoms with Crippen LogP contribution in [0.2, 0.25) is 0 Å². The summed E-state index contributed by atoms with van der Waals surface area (Å²) in [6, 6.07) is 9.83. The molecule has 0 aliphatic rings. The van der Waals surface area contributed by atoms with E-state index in [1.165, 1.54) is 0 Å². The fourth-order valence-corrected chi connectivity index (χ4v) is 2.30. The minimum Gasteiger partial charge on any atom is -0.383 e. The highest BCUT2D eigenvalue weighted by Gasteiger charge is 2.10. The van der Waals surface area contributed by atoms with E-state index in [1.807, 2.05) is 50.4 Å². The van der Waals surface area contributed by atoms with E-state index in [9.17, 15) is 4.79 Å². The van der Waals surface area contributed by atoms with Crippen molar-refractivity contribution in [1.82, 2.24) is 24.5 Å². The molecule has 0 saturated carbocycles. The number of nitrogens with zero attached hydrogens (tertiary/aromatic N) is 5. The fourth-order valence-electron chi connectivity index (χ4n) is 2.30. The molecule has 0 aliphatic heterocycles. The van der Waals surface area contributed by atoms with Gasteiger partial charge in [-0.25, -0.2) is 9.48 Å². The lowest BCUT2D eigenvalue weighted by atomic mass is 10.2. The molecular formula is C16H18N6O. The molecule has 0 atom stereocenters. The second-order valence-corrected chi connectivity index (χ2v) is 5.60. The van der Waals surface area contributed by atoms with Crippen molar-refractivity contribution in [2.24, 2.45) is 0 Å². The van der Waals surface area contributed by atoms with Crippen molar-refractivity contribution in [2.75, 3.05) is 5.73 Å². The van der Waals surface area contributed by atoms with Gasteiger partial charge in [-0.2, -0.15) is 4.98 Å². The quantitative estimate of drug-likeness (QED) is 0.792. The zero-order valence-corrected chi connectivity index (χ0v) is 13.0. The molecule has 0 radical (unpaired) electrons. The summed E-state index contributed by atoms with van der Waals surface area (Å²) in [5.41, 5.74) is 8.05. The Morgan fingerprint density at radius 3 is 2.61 bits per heavy atom. The van der Waals surface area contributed by atoms with Crippen molar-refractivity contribution in [3.63, 3.8) is 0 Å². The van der Waals surface area contributed by atoms with E-state index in [2.05, 4.69) is 15.3 Å². The van der Waals surface area contributed by atoms with Gasteiger partial charge in [-0.3, -0.25) is 4.57 Å². The van der Waals surface area contributed by atoms with Crippen LogP contribution >= 0.6 is 0 Å². The average Bonchev–Trinajstić information content (AvgIpc) is 2.99. The van der Waals surface area contributed by atoms with Crippen LogP contribution in [0.4, 0.5) is 5.82 Å². The predicted octanol–water partition coefficient (Wildman–Crippen LogP) is 1.71. The zero-order valence-electron chi connectivity index (χ0n) is 13.0. The van der Waals surface area contributed by atoms with Gasteiger partial charge in [0.05, 0.1) is 12.7 Å². The first-order chi connectivity index (χ1) is 11.0. The minimum absolute atomic E-state index is 0.0185. The maximum Gasteiger partial charge on any atom is 0.349 e. The first-order valence-electron chi connectivity index (χ1n) is 7.37. The van der Waals surface area contributed by atoms with Crippen molar-refractivity contribution >= 4 is 5.82 Å². The van der Waals surface area contributed by atoms with Crippen molar-refractivity contribution in [1.29, 1.82) is 0 Å². The molecule has 0 amide bonds. The van der Waals surface area contributed by atoms with Gasteiger partial charge in [0.2, 0.25) is 0 Å². The lowest BCUT2D eigenvalue weighted by Gasteiger charge is -2.12. The van der Waals surface area contributed by atoms with Crippen molar-refractivity contribution in [2.45, 2.75) is 26.4 Å². The molecule has 0 aliphatic carbocycles.